The molecular formula is C19H25F2NO5. The topological polar surface area (TPSA) is 68.2 Å². The number of benzene rings is 1. The highest BCUT2D eigenvalue weighted by molar-refractivity contribution is 5.69. The molecule has 6 nitrogen and oxygen atoms in total. The summed E-state index contributed by atoms with van der Waals surface area (Å²) >= 11 is 0. The van der Waals surface area contributed by atoms with Crippen LogP contribution in [0.4, 0.5) is 13.6 Å². The average molecular weight is 385 g/mol. The lowest BCUT2D eigenvalue weighted by Gasteiger charge is -2.51. The first kappa shape index (κ1) is 19.8. The van der Waals surface area contributed by atoms with Gasteiger partial charge in [0.15, 0.2) is 11.6 Å². The maximum atomic E-state index is 14.1. The first-order chi connectivity index (χ1) is 12.5. The lowest BCUT2D eigenvalue weighted by atomic mass is 9.76. The number of nitrogens with zero attached hydrogens (tertiary/aromatic N) is 1. The molecule has 2 fully saturated rings. The molecule has 1 aromatic rings. The summed E-state index contributed by atoms with van der Waals surface area (Å²) in [6.45, 7) is 5.74. The fourth-order valence-corrected chi connectivity index (χ4v) is 3.92. The molecule has 0 aromatic heterocycles. The molecule has 2 atom stereocenters. The molecule has 2 bridgehead atoms. The second kappa shape index (κ2) is 6.91. The van der Waals surface area contributed by atoms with Crippen LogP contribution in [0.1, 0.15) is 39.2 Å². The Morgan fingerprint density at radius 2 is 1.85 bits per heavy atom. The summed E-state index contributed by atoms with van der Waals surface area (Å²) in [6.07, 6.45) is -0.371. The number of morpholine rings is 1. The van der Waals surface area contributed by atoms with E-state index in [1.807, 2.05) is 0 Å². The van der Waals surface area contributed by atoms with Gasteiger partial charge in [-0.1, -0.05) is 0 Å². The van der Waals surface area contributed by atoms with Crippen molar-refractivity contribution in [1.82, 2.24) is 4.90 Å². The number of methoxy groups -OCH3 is 1. The average Bonchev–Trinajstić information content (AvgIpc) is 2.51. The Kier molecular flexibility index (Phi) is 5.07. The molecule has 150 valence electrons. The summed E-state index contributed by atoms with van der Waals surface area (Å²) < 4.78 is 44.1. The number of piperidine rings is 1. The lowest BCUT2D eigenvalue weighted by Crippen LogP contribution is -2.63. The number of fused-ring (bicyclic) bond motifs is 2. The number of amides is 1. The van der Waals surface area contributed by atoms with Gasteiger partial charge in [-0.25, -0.2) is 13.6 Å². The van der Waals surface area contributed by atoms with Gasteiger partial charge >= 0.3 is 6.09 Å². The van der Waals surface area contributed by atoms with Crippen molar-refractivity contribution in [2.45, 2.75) is 56.9 Å². The van der Waals surface area contributed by atoms with E-state index in [0.29, 0.717) is 6.07 Å². The van der Waals surface area contributed by atoms with Gasteiger partial charge in [-0.3, -0.25) is 4.90 Å². The van der Waals surface area contributed by atoms with E-state index in [4.69, 9.17) is 14.2 Å². The van der Waals surface area contributed by atoms with Crippen LogP contribution in [0.2, 0.25) is 0 Å². The minimum atomic E-state index is -1.55. The highest BCUT2D eigenvalue weighted by Crippen LogP contribution is 2.45. The Labute approximate surface area is 157 Å². The van der Waals surface area contributed by atoms with Crippen molar-refractivity contribution in [3.05, 3.63) is 29.3 Å². The van der Waals surface area contributed by atoms with Gasteiger partial charge in [0.1, 0.15) is 11.4 Å². The maximum Gasteiger partial charge on any atom is 0.410 e. The highest BCUT2D eigenvalue weighted by atomic mass is 19.1. The van der Waals surface area contributed by atoms with E-state index in [0.717, 1.165) is 6.07 Å². The fourth-order valence-electron chi connectivity index (χ4n) is 3.92. The summed E-state index contributed by atoms with van der Waals surface area (Å²) in [5.74, 6) is -1.87. The summed E-state index contributed by atoms with van der Waals surface area (Å²) in [5.41, 5.74) is -2.16. The molecule has 1 N–H and O–H groups in total. The van der Waals surface area contributed by atoms with Crippen LogP contribution in [0, 0.1) is 11.6 Å². The highest BCUT2D eigenvalue weighted by Gasteiger charge is 2.51. The molecule has 1 amide bonds. The molecule has 0 radical (unpaired) electrons. The smallest absolute Gasteiger partial charge is 0.410 e. The van der Waals surface area contributed by atoms with E-state index in [-0.39, 0.29) is 37.4 Å². The number of hydrogen-bond acceptors (Lipinski definition) is 5. The molecule has 2 heterocycles. The fraction of sp³-hybridized carbons (Fsp3) is 0.632. The van der Waals surface area contributed by atoms with Crippen LogP contribution in [0.5, 0.6) is 5.75 Å². The second-order valence-corrected chi connectivity index (χ2v) is 8.14. The van der Waals surface area contributed by atoms with Crippen molar-refractivity contribution < 1.29 is 32.9 Å². The Bertz CT molecular complexity index is 720. The number of rotatable bonds is 2. The molecule has 27 heavy (non-hydrogen) atoms. The molecule has 2 saturated heterocycles. The van der Waals surface area contributed by atoms with E-state index < -0.39 is 41.0 Å². The van der Waals surface area contributed by atoms with Gasteiger partial charge < -0.3 is 19.3 Å². The van der Waals surface area contributed by atoms with E-state index in [1.54, 1.807) is 25.7 Å². The van der Waals surface area contributed by atoms with Gasteiger partial charge in [0, 0.05) is 24.5 Å². The van der Waals surface area contributed by atoms with Gasteiger partial charge in [-0.15, -0.1) is 0 Å². The first-order valence-electron chi connectivity index (χ1n) is 8.89. The van der Waals surface area contributed by atoms with Gasteiger partial charge in [0.25, 0.3) is 0 Å². The van der Waals surface area contributed by atoms with E-state index >= 15 is 0 Å². The first-order valence-corrected chi connectivity index (χ1v) is 8.89. The zero-order valence-corrected chi connectivity index (χ0v) is 15.9. The molecule has 2 aliphatic rings. The monoisotopic (exact) mass is 385 g/mol. The Morgan fingerprint density at radius 3 is 2.37 bits per heavy atom. The largest absolute Gasteiger partial charge is 0.493 e. The predicted molar refractivity (Wildman–Crippen MR) is 92.5 cm³/mol. The van der Waals surface area contributed by atoms with Crippen molar-refractivity contribution >= 4 is 6.09 Å². The molecule has 0 saturated carbocycles. The van der Waals surface area contributed by atoms with Crippen molar-refractivity contribution in [2.75, 3.05) is 20.3 Å². The quantitative estimate of drug-likeness (QED) is 0.848. The van der Waals surface area contributed by atoms with Crippen LogP contribution in [0.15, 0.2) is 12.1 Å². The van der Waals surface area contributed by atoms with Crippen LogP contribution in [0.3, 0.4) is 0 Å². The van der Waals surface area contributed by atoms with Crippen LogP contribution >= 0.6 is 0 Å². The van der Waals surface area contributed by atoms with Crippen molar-refractivity contribution in [3.8, 4) is 5.75 Å². The van der Waals surface area contributed by atoms with Gasteiger partial charge in [0.2, 0.25) is 0 Å². The minimum absolute atomic E-state index is 0.0447. The van der Waals surface area contributed by atoms with E-state index in [1.165, 1.54) is 7.11 Å². The predicted octanol–water partition coefficient (Wildman–Crippen LogP) is 2.96. The number of carbonyl (C=O) groups excluding carboxylic acids is 1. The van der Waals surface area contributed by atoms with Crippen molar-refractivity contribution in [2.24, 2.45) is 0 Å². The summed E-state index contributed by atoms with van der Waals surface area (Å²) in [5, 5.41) is 11.3. The number of aliphatic hydroxyl groups is 1. The normalized spacial score (nSPS) is 28.0. The molecule has 2 aliphatic heterocycles. The summed E-state index contributed by atoms with van der Waals surface area (Å²) in [7, 11) is 1.27. The number of halogens is 2. The molecule has 0 aliphatic carbocycles. The van der Waals surface area contributed by atoms with Crippen LogP contribution in [0.25, 0.3) is 0 Å². The zero-order valence-electron chi connectivity index (χ0n) is 15.9. The number of hydrogen-bond donors (Lipinski definition) is 1. The molecular weight excluding hydrogens is 360 g/mol. The van der Waals surface area contributed by atoms with Crippen molar-refractivity contribution in [1.29, 1.82) is 0 Å². The molecule has 2 unspecified atom stereocenters. The van der Waals surface area contributed by atoms with Crippen LogP contribution in [-0.4, -0.2) is 54.1 Å². The summed E-state index contributed by atoms with van der Waals surface area (Å²) in [4.78, 5) is 14.2. The second-order valence-electron chi connectivity index (χ2n) is 8.14. The maximum absolute atomic E-state index is 14.1. The Hall–Kier alpha value is -1.93. The standard InChI is InChI=1S/C19H25F2NO5/c1-18(2,3)27-17(23)22-12-7-19(24,8-13(22)10-26-9-12)14-5-11(20)6-15(21)16(14)25-4/h5-6,12-13,24H,7-10H2,1-4H3. The Morgan fingerprint density at radius 1 is 1.26 bits per heavy atom. The lowest BCUT2D eigenvalue weighted by molar-refractivity contribution is -0.141. The molecule has 1 aromatic carbocycles. The van der Waals surface area contributed by atoms with Crippen LogP contribution < -0.4 is 4.74 Å². The van der Waals surface area contributed by atoms with Crippen molar-refractivity contribution in [3.63, 3.8) is 0 Å². The zero-order chi connectivity index (χ0) is 20.0. The van der Waals surface area contributed by atoms with Gasteiger partial charge in [0.05, 0.1) is 38.0 Å². The van der Waals surface area contributed by atoms with Crippen LogP contribution in [-0.2, 0) is 15.1 Å². The van der Waals surface area contributed by atoms with E-state index in [9.17, 15) is 18.7 Å². The third-order valence-corrected chi connectivity index (χ3v) is 4.87. The number of carbonyl (C=O) groups is 1. The van der Waals surface area contributed by atoms with E-state index in [2.05, 4.69) is 0 Å². The minimum Gasteiger partial charge on any atom is -0.493 e. The third-order valence-electron chi connectivity index (χ3n) is 4.87. The SMILES string of the molecule is COc1c(F)cc(F)cc1C1(O)CC2COCC(C1)N2C(=O)OC(C)(C)C. The molecule has 3 rings (SSSR count). The Balaban J connectivity index is 1.93. The molecule has 0 spiro atoms. The summed E-state index contributed by atoms with van der Waals surface area (Å²) in [6, 6.07) is 0.842. The van der Waals surface area contributed by atoms with Gasteiger partial charge in [-0.2, -0.15) is 0 Å². The molecule has 8 heteroatoms. The third kappa shape index (κ3) is 3.87. The number of ether oxygens (including phenoxy) is 3. The van der Waals surface area contributed by atoms with Gasteiger partial charge in [-0.05, 0) is 26.8 Å².